The topological polar surface area (TPSA) is 0 Å². The van der Waals surface area contributed by atoms with Gasteiger partial charge in [-0.15, -0.1) is 0 Å². The van der Waals surface area contributed by atoms with Crippen LogP contribution in [0.25, 0.3) is 0 Å². The van der Waals surface area contributed by atoms with Gasteiger partial charge in [0, 0.05) is 0 Å². The highest BCUT2D eigenvalue weighted by atomic mass is 35.6. The van der Waals surface area contributed by atoms with Crippen LogP contribution in [0.2, 0.25) is 0 Å². The zero-order chi connectivity index (χ0) is 4.50. The minimum absolute atomic E-state index is 0. The van der Waals surface area contributed by atoms with Crippen LogP contribution in [-0.4, -0.2) is 3.79 Å². The van der Waals surface area contributed by atoms with Crippen molar-refractivity contribution >= 4 is 34.8 Å². The molecule has 0 unspecified atom stereocenters. The molecule has 40 valence electrons. The van der Waals surface area contributed by atoms with Gasteiger partial charge in [0.25, 0.3) is 0 Å². The molecular formula is C3H7Cl3. The third-order valence-corrected chi connectivity index (χ3v) is 0. The highest BCUT2D eigenvalue weighted by molar-refractivity contribution is 6.67. The summed E-state index contributed by atoms with van der Waals surface area (Å²) in [6.07, 6.45) is 0. The van der Waals surface area contributed by atoms with Crippen molar-refractivity contribution in [3.63, 3.8) is 0 Å². The molecule has 3 heteroatoms. The van der Waals surface area contributed by atoms with E-state index in [4.69, 9.17) is 34.8 Å². The van der Waals surface area contributed by atoms with Crippen LogP contribution in [0, 0.1) is 0 Å². The normalized spacial score (nSPS) is 10.0. The summed E-state index contributed by atoms with van der Waals surface area (Å²) >= 11 is 15.2. The van der Waals surface area contributed by atoms with Gasteiger partial charge in [0.15, 0.2) is 3.79 Å². The quantitative estimate of drug-likeness (QED) is 0.465. The summed E-state index contributed by atoms with van der Waals surface area (Å²) < 4.78 is -1.08. The molecule has 0 aliphatic rings. The zero-order valence-corrected chi connectivity index (χ0v) is 4.90. The molecule has 0 aliphatic carbocycles. The fourth-order valence-corrected chi connectivity index (χ4v) is 0. The molecule has 0 amide bonds. The van der Waals surface area contributed by atoms with Crippen molar-refractivity contribution in [2.24, 2.45) is 0 Å². The first kappa shape index (κ1) is 9.98. The molecule has 0 N–H and O–H groups in total. The van der Waals surface area contributed by atoms with E-state index < -0.39 is 3.79 Å². The van der Waals surface area contributed by atoms with Crippen LogP contribution >= 0.6 is 34.8 Å². The van der Waals surface area contributed by atoms with Gasteiger partial charge < -0.3 is 0 Å². The Balaban J connectivity index is 0. The van der Waals surface area contributed by atoms with E-state index in [1.165, 1.54) is 6.92 Å². The lowest BCUT2D eigenvalue weighted by Crippen LogP contribution is -1.87. The van der Waals surface area contributed by atoms with Gasteiger partial charge in [-0.25, -0.2) is 0 Å². The molecule has 0 aliphatic heterocycles. The number of rotatable bonds is 0. The molecule has 0 aromatic carbocycles. The highest BCUT2D eigenvalue weighted by Crippen LogP contribution is 2.23. The molecule has 0 aromatic heterocycles. The van der Waals surface area contributed by atoms with Crippen LogP contribution in [0.3, 0.4) is 0 Å². The monoisotopic (exact) mass is 148 g/mol. The standard InChI is InChI=1S/C2H3Cl3.CH4/c1-2(3,4)5;/h1H3;1H4. The molecule has 0 aromatic rings. The Morgan fingerprint density at radius 2 is 1.17 bits per heavy atom. The van der Waals surface area contributed by atoms with E-state index in [-0.39, 0.29) is 7.43 Å². The maximum Gasteiger partial charge on any atom is 0.187 e. The van der Waals surface area contributed by atoms with Gasteiger partial charge in [-0.05, 0) is 6.92 Å². The second-order valence-electron chi connectivity index (χ2n) is 0.781. The first-order valence-electron chi connectivity index (χ1n) is 1.07. The number of hydrogen-bond donors (Lipinski definition) is 0. The fourth-order valence-electron chi connectivity index (χ4n) is 0. The zero-order valence-electron chi connectivity index (χ0n) is 2.63. The molecule has 0 atom stereocenters. The predicted molar refractivity (Wildman–Crippen MR) is 32.7 cm³/mol. The van der Waals surface area contributed by atoms with Crippen LogP contribution in [0.5, 0.6) is 0 Å². The van der Waals surface area contributed by atoms with Gasteiger partial charge >= 0.3 is 0 Å². The summed E-state index contributed by atoms with van der Waals surface area (Å²) in [5.74, 6) is 0. The molecular weight excluding hydrogens is 142 g/mol. The lowest BCUT2D eigenvalue weighted by atomic mass is 10.9. The van der Waals surface area contributed by atoms with Gasteiger partial charge in [-0.2, -0.15) is 0 Å². The van der Waals surface area contributed by atoms with Gasteiger partial charge in [-0.3, -0.25) is 0 Å². The molecule has 0 rings (SSSR count). The SMILES string of the molecule is C.CC(Cl)(Cl)Cl. The van der Waals surface area contributed by atoms with Crippen LogP contribution in [0.15, 0.2) is 0 Å². The Hall–Kier alpha value is 0.870. The largest absolute Gasteiger partial charge is 0.187 e. The number of halogens is 3. The van der Waals surface area contributed by atoms with Crippen molar-refractivity contribution in [1.29, 1.82) is 0 Å². The molecule has 0 saturated carbocycles. The maximum absolute atomic E-state index is 5.06. The van der Waals surface area contributed by atoms with Crippen molar-refractivity contribution in [2.45, 2.75) is 18.1 Å². The van der Waals surface area contributed by atoms with E-state index in [0.717, 1.165) is 0 Å². The molecule has 0 bridgehead atoms. The molecule has 0 fully saturated rings. The van der Waals surface area contributed by atoms with E-state index in [1.807, 2.05) is 0 Å². The van der Waals surface area contributed by atoms with Crippen LogP contribution in [0.4, 0.5) is 0 Å². The summed E-state index contributed by atoms with van der Waals surface area (Å²) in [7, 11) is 0. The second kappa shape index (κ2) is 2.95. The summed E-state index contributed by atoms with van der Waals surface area (Å²) in [6, 6.07) is 0. The van der Waals surface area contributed by atoms with Gasteiger partial charge in [0.05, 0.1) is 0 Å². The van der Waals surface area contributed by atoms with Crippen molar-refractivity contribution in [3.8, 4) is 0 Å². The van der Waals surface area contributed by atoms with Gasteiger partial charge in [0.1, 0.15) is 0 Å². The maximum atomic E-state index is 5.06. The summed E-state index contributed by atoms with van der Waals surface area (Å²) in [5.41, 5.74) is 0. The molecule has 0 saturated heterocycles. The summed E-state index contributed by atoms with van der Waals surface area (Å²) in [4.78, 5) is 0. The first-order valence-corrected chi connectivity index (χ1v) is 2.20. The summed E-state index contributed by atoms with van der Waals surface area (Å²) in [6.45, 7) is 1.48. The lowest BCUT2D eigenvalue weighted by Gasteiger charge is -1.94. The number of hydrogen-bond acceptors (Lipinski definition) is 0. The van der Waals surface area contributed by atoms with Crippen molar-refractivity contribution < 1.29 is 0 Å². The minimum Gasteiger partial charge on any atom is -0.0840 e. The average Bonchev–Trinajstić information content (AvgIpc) is 0.722. The fraction of sp³-hybridized carbons (Fsp3) is 1.00. The Morgan fingerprint density at radius 1 is 1.17 bits per heavy atom. The van der Waals surface area contributed by atoms with E-state index in [0.29, 0.717) is 0 Å². The second-order valence-corrected chi connectivity index (χ2v) is 3.63. The predicted octanol–water partition coefficient (Wildman–Crippen LogP) is 3.01. The van der Waals surface area contributed by atoms with E-state index >= 15 is 0 Å². The minimum atomic E-state index is -1.08. The van der Waals surface area contributed by atoms with Crippen LogP contribution in [0.1, 0.15) is 14.4 Å². The lowest BCUT2D eigenvalue weighted by molar-refractivity contribution is 1.27. The van der Waals surface area contributed by atoms with Crippen molar-refractivity contribution in [3.05, 3.63) is 0 Å². The van der Waals surface area contributed by atoms with Gasteiger partial charge in [0.2, 0.25) is 0 Å². The van der Waals surface area contributed by atoms with E-state index in [9.17, 15) is 0 Å². The third kappa shape index (κ3) is 96.4. The summed E-state index contributed by atoms with van der Waals surface area (Å²) in [5, 5.41) is 0. The first-order chi connectivity index (χ1) is 2.00. The average molecular weight is 149 g/mol. The van der Waals surface area contributed by atoms with Gasteiger partial charge in [-0.1, -0.05) is 42.2 Å². The Morgan fingerprint density at radius 3 is 1.17 bits per heavy atom. The molecule has 0 radical (unpaired) electrons. The number of alkyl halides is 3. The molecule has 0 heterocycles. The Bertz CT molecular complexity index is 21.5. The van der Waals surface area contributed by atoms with Crippen molar-refractivity contribution in [1.82, 2.24) is 0 Å². The van der Waals surface area contributed by atoms with Crippen molar-refractivity contribution in [2.75, 3.05) is 0 Å². The Kier molecular flexibility index (Phi) is 4.91. The molecule has 0 spiro atoms. The third-order valence-electron chi connectivity index (χ3n) is 0. The highest BCUT2D eigenvalue weighted by Gasteiger charge is 2.07. The molecule has 6 heavy (non-hydrogen) atoms. The van der Waals surface area contributed by atoms with Crippen LogP contribution in [-0.2, 0) is 0 Å². The Labute approximate surface area is 53.4 Å². The van der Waals surface area contributed by atoms with Crippen LogP contribution < -0.4 is 0 Å². The van der Waals surface area contributed by atoms with E-state index in [1.54, 1.807) is 0 Å². The molecule has 0 nitrogen and oxygen atoms in total. The smallest absolute Gasteiger partial charge is 0.0840 e. The van der Waals surface area contributed by atoms with E-state index in [2.05, 4.69) is 0 Å².